The maximum absolute atomic E-state index is 12.7. The van der Waals surface area contributed by atoms with Gasteiger partial charge < -0.3 is 19.9 Å². The van der Waals surface area contributed by atoms with E-state index in [4.69, 9.17) is 39.5 Å². The minimum absolute atomic E-state index is 0.288. The van der Waals surface area contributed by atoms with E-state index in [1.807, 2.05) is 12.1 Å². The number of anilines is 2. The monoisotopic (exact) mass is 441 g/mol. The first kappa shape index (κ1) is 21.1. The highest BCUT2D eigenvalue weighted by atomic mass is 35.5. The Morgan fingerprint density at radius 3 is 2.36 bits per heavy atom. The fourth-order valence-electron chi connectivity index (χ4n) is 2.98. The predicted octanol–water partition coefficient (Wildman–Crippen LogP) is 4.80. The number of halogens is 3. The van der Waals surface area contributed by atoms with Crippen LogP contribution in [-0.2, 0) is 4.79 Å². The molecule has 0 saturated carbocycles. The van der Waals surface area contributed by atoms with E-state index in [9.17, 15) is 4.79 Å². The van der Waals surface area contributed by atoms with Gasteiger partial charge in [-0.05, 0) is 50.4 Å². The zero-order valence-corrected chi connectivity index (χ0v) is 18.0. The molecule has 1 heterocycles. The maximum atomic E-state index is 12.7. The molecule has 150 valence electrons. The lowest BCUT2D eigenvalue weighted by Crippen LogP contribution is -2.44. The van der Waals surface area contributed by atoms with Crippen molar-refractivity contribution in [3.05, 3.63) is 51.5 Å². The molecule has 5 nitrogen and oxygen atoms in total. The normalized spacial score (nSPS) is 16.0. The van der Waals surface area contributed by atoms with E-state index in [1.165, 1.54) is 0 Å². The van der Waals surface area contributed by atoms with E-state index in [2.05, 4.69) is 22.2 Å². The molecule has 28 heavy (non-hydrogen) atoms. The topological polar surface area (TPSA) is 44.8 Å². The van der Waals surface area contributed by atoms with Crippen LogP contribution in [-0.4, -0.2) is 50.1 Å². The molecule has 8 heteroatoms. The molecule has 1 fully saturated rings. The number of hydrogen-bond acceptors (Lipinski definition) is 4. The van der Waals surface area contributed by atoms with Crippen LogP contribution in [0.2, 0.25) is 15.1 Å². The quantitative estimate of drug-likeness (QED) is 0.722. The van der Waals surface area contributed by atoms with Gasteiger partial charge >= 0.3 is 0 Å². The molecular formula is C20H22Cl3N3O2. The van der Waals surface area contributed by atoms with Gasteiger partial charge in [0.05, 0.1) is 16.4 Å². The lowest BCUT2D eigenvalue weighted by molar-refractivity contribution is -0.122. The molecule has 0 radical (unpaired) electrons. The van der Waals surface area contributed by atoms with Crippen molar-refractivity contribution in [1.82, 2.24) is 4.90 Å². The van der Waals surface area contributed by atoms with Crippen LogP contribution in [0, 0.1) is 0 Å². The Kier molecular flexibility index (Phi) is 6.94. The molecule has 3 rings (SSSR count). The molecule has 2 aromatic rings. The number of piperazine rings is 1. The number of benzene rings is 2. The van der Waals surface area contributed by atoms with Gasteiger partial charge in [-0.3, -0.25) is 4.79 Å². The summed E-state index contributed by atoms with van der Waals surface area (Å²) in [6.45, 7) is 5.36. The van der Waals surface area contributed by atoms with E-state index < -0.39 is 6.10 Å². The number of rotatable bonds is 5. The van der Waals surface area contributed by atoms with E-state index in [0.717, 1.165) is 31.9 Å². The summed E-state index contributed by atoms with van der Waals surface area (Å²) in [5, 5.41) is 4.36. The zero-order valence-electron chi connectivity index (χ0n) is 15.7. The summed E-state index contributed by atoms with van der Waals surface area (Å²) in [4.78, 5) is 17.2. The molecule has 0 aromatic heterocycles. The Morgan fingerprint density at radius 1 is 1.04 bits per heavy atom. The Balaban J connectivity index is 1.73. The molecule has 0 spiro atoms. The predicted molar refractivity (Wildman–Crippen MR) is 116 cm³/mol. The van der Waals surface area contributed by atoms with Crippen LogP contribution >= 0.6 is 34.8 Å². The highest BCUT2D eigenvalue weighted by molar-refractivity contribution is 6.35. The van der Waals surface area contributed by atoms with Crippen LogP contribution in [0.5, 0.6) is 5.75 Å². The molecule has 1 unspecified atom stereocenters. The van der Waals surface area contributed by atoms with Crippen LogP contribution < -0.4 is 15.0 Å². The van der Waals surface area contributed by atoms with Crippen molar-refractivity contribution in [3.8, 4) is 5.75 Å². The fourth-order valence-corrected chi connectivity index (χ4v) is 3.61. The van der Waals surface area contributed by atoms with Crippen molar-refractivity contribution in [3.63, 3.8) is 0 Å². The summed E-state index contributed by atoms with van der Waals surface area (Å²) in [7, 11) is 2.10. The smallest absolute Gasteiger partial charge is 0.265 e. The first-order valence-electron chi connectivity index (χ1n) is 8.99. The zero-order chi connectivity index (χ0) is 20.3. The number of likely N-dealkylation sites (N-methyl/N-ethyl adjacent to an activating group) is 1. The van der Waals surface area contributed by atoms with Crippen LogP contribution in [0.3, 0.4) is 0 Å². The largest absolute Gasteiger partial charge is 0.479 e. The van der Waals surface area contributed by atoms with Crippen molar-refractivity contribution >= 4 is 52.1 Å². The lowest BCUT2D eigenvalue weighted by atomic mass is 10.2. The first-order valence-corrected chi connectivity index (χ1v) is 10.1. The van der Waals surface area contributed by atoms with Crippen molar-refractivity contribution in [2.45, 2.75) is 13.0 Å². The second kappa shape index (κ2) is 9.23. The standard InChI is InChI=1S/C20H22Cl3N3O2/c1-13(28-19-6-4-14(21)11-16(19)23)20(27)24-17-12-15(22)3-5-18(17)26-9-7-25(2)8-10-26/h3-6,11-13H,7-10H2,1-2H3,(H,24,27). The van der Waals surface area contributed by atoms with Gasteiger partial charge in [0, 0.05) is 36.2 Å². The second-order valence-corrected chi connectivity index (χ2v) is 8.06. The third-order valence-electron chi connectivity index (χ3n) is 4.63. The molecule has 0 bridgehead atoms. The average molecular weight is 443 g/mol. The number of nitrogens with one attached hydrogen (secondary N) is 1. The maximum Gasteiger partial charge on any atom is 0.265 e. The second-order valence-electron chi connectivity index (χ2n) is 6.78. The van der Waals surface area contributed by atoms with Gasteiger partial charge in [-0.1, -0.05) is 34.8 Å². The summed E-state index contributed by atoms with van der Waals surface area (Å²) in [6, 6.07) is 10.4. The molecule has 2 aromatic carbocycles. The molecule has 1 amide bonds. The molecule has 1 aliphatic rings. The minimum atomic E-state index is -0.752. The lowest BCUT2D eigenvalue weighted by Gasteiger charge is -2.35. The Labute approximate surface area is 180 Å². The number of hydrogen-bond donors (Lipinski definition) is 1. The average Bonchev–Trinajstić information content (AvgIpc) is 2.65. The molecule has 1 saturated heterocycles. The van der Waals surface area contributed by atoms with E-state index in [-0.39, 0.29) is 5.91 Å². The minimum Gasteiger partial charge on any atom is -0.479 e. The van der Waals surface area contributed by atoms with Crippen molar-refractivity contribution in [1.29, 1.82) is 0 Å². The van der Waals surface area contributed by atoms with Crippen LogP contribution in [0.15, 0.2) is 36.4 Å². The van der Waals surface area contributed by atoms with Crippen molar-refractivity contribution in [2.24, 2.45) is 0 Å². The van der Waals surface area contributed by atoms with Gasteiger partial charge in [-0.2, -0.15) is 0 Å². The summed E-state index contributed by atoms with van der Waals surface area (Å²) in [5.74, 6) is 0.114. The molecule has 1 N–H and O–H groups in total. The summed E-state index contributed by atoms with van der Waals surface area (Å²) in [6.07, 6.45) is -0.752. The van der Waals surface area contributed by atoms with Gasteiger partial charge in [0.1, 0.15) is 5.75 Å². The Bertz CT molecular complexity index is 855. The Morgan fingerprint density at radius 2 is 1.68 bits per heavy atom. The highest BCUT2D eigenvalue weighted by Gasteiger charge is 2.21. The van der Waals surface area contributed by atoms with Gasteiger partial charge in [-0.25, -0.2) is 0 Å². The summed E-state index contributed by atoms with van der Waals surface area (Å²) in [5.41, 5.74) is 1.61. The first-order chi connectivity index (χ1) is 13.3. The van der Waals surface area contributed by atoms with Gasteiger partial charge in [0.15, 0.2) is 6.10 Å². The van der Waals surface area contributed by atoms with Crippen LogP contribution in [0.4, 0.5) is 11.4 Å². The number of ether oxygens (including phenoxy) is 1. The van der Waals surface area contributed by atoms with Crippen LogP contribution in [0.1, 0.15) is 6.92 Å². The Hall–Kier alpha value is -1.66. The van der Waals surface area contributed by atoms with Gasteiger partial charge in [0.2, 0.25) is 0 Å². The molecule has 1 atom stereocenters. The van der Waals surface area contributed by atoms with Crippen molar-refractivity contribution in [2.75, 3.05) is 43.4 Å². The number of amides is 1. The third kappa shape index (κ3) is 5.23. The van der Waals surface area contributed by atoms with Crippen LogP contribution in [0.25, 0.3) is 0 Å². The van der Waals surface area contributed by atoms with E-state index in [0.29, 0.717) is 26.5 Å². The van der Waals surface area contributed by atoms with E-state index in [1.54, 1.807) is 31.2 Å². The van der Waals surface area contributed by atoms with Crippen molar-refractivity contribution < 1.29 is 9.53 Å². The number of carbonyl (C=O) groups is 1. The molecule has 1 aliphatic heterocycles. The fraction of sp³-hybridized carbons (Fsp3) is 0.350. The number of carbonyl (C=O) groups excluding carboxylic acids is 1. The van der Waals surface area contributed by atoms with Gasteiger partial charge in [0.25, 0.3) is 5.91 Å². The van der Waals surface area contributed by atoms with E-state index >= 15 is 0 Å². The number of nitrogens with zero attached hydrogens (tertiary/aromatic N) is 2. The third-order valence-corrected chi connectivity index (χ3v) is 5.39. The molecular weight excluding hydrogens is 421 g/mol. The highest BCUT2D eigenvalue weighted by Crippen LogP contribution is 2.31. The van der Waals surface area contributed by atoms with Gasteiger partial charge in [-0.15, -0.1) is 0 Å². The summed E-state index contributed by atoms with van der Waals surface area (Å²) < 4.78 is 5.71. The SMILES string of the molecule is CC(Oc1ccc(Cl)cc1Cl)C(=O)Nc1cc(Cl)ccc1N1CCN(C)CC1. The molecule has 0 aliphatic carbocycles. The summed E-state index contributed by atoms with van der Waals surface area (Å²) >= 11 is 18.2.